The zero-order valence-electron chi connectivity index (χ0n) is 8.41. The van der Waals surface area contributed by atoms with Gasteiger partial charge in [0.15, 0.2) is 0 Å². The van der Waals surface area contributed by atoms with Gasteiger partial charge >= 0.3 is 0 Å². The Morgan fingerprint density at radius 1 is 1.54 bits per heavy atom. The molecule has 2 rings (SSSR count). The van der Waals surface area contributed by atoms with Gasteiger partial charge in [-0.15, -0.1) is 0 Å². The number of hydrogen-bond acceptors (Lipinski definition) is 3. The van der Waals surface area contributed by atoms with Crippen LogP contribution < -0.4 is 10.6 Å². The van der Waals surface area contributed by atoms with Crippen molar-refractivity contribution in [1.29, 1.82) is 0 Å². The van der Waals surface area contributed by atoms with Crippen molar-refractivity contribution in [1.82, 2.24) is 9.78 Å². The average Bonchev–Trinajstić information content (AvgIpc) is 2.82. The van der Waals surface area contributed by atoms with Gasteiger partial charge in [0.25, 0.3) is 0 Å². The maximum Gasteiger partial charge on any atom is 0.150 e. The van der Waals surface area contributed by atoms with Crippen molar-refractivity contribution in [2.24, 2.45) is 7.05 Å². The van der Waals surface area contributed by atoms with Crippen molar-refractivity contribution in [2.45, 2.75) is 25.8 Å². The Balaban J connectivity index is 2.36. The molecule has 0 radical (unpaired) electrons. The van der Waals surface area contributed by atoms with E-state index in [1.165, 1.54) is 12.8 Å². The van der Waals surface area contributed by atoms with E-state index in [2.05, 4.69) is 17.0 Å². The molecule has 0 aliphatic heterocycles. The van der Waals surface area contributed by atoms with E-state index in [1.54, 1.807) is 0 Å². The Labute approximate surface area is 78.3 Å². The SMILES string of the molecule is Cc1nn(C)c(N(C)C2CC2)c1N. The highest BCUT2D eigenvalue weighted by molar-refractivity contribution is 5.66. The zero-order valence-corrected chi connectivity index (χ0v) is 8.41. The van der Waals surface area contributed by atoms with Gasteiger partial charge in [0, 0.05) is 20.1 Å². The third kappa shape index (κ3) is 1.26. The van der Waals surface area contributed by atoms with E-state index in [-0.39, 0.29) is 0 Å². The molecule has 0 spiro atoms. The summed E-state index contributed by atoms with van der Waals surface area (Å²) in [6.07, 6.45) is 2.56. The van der Waals surface area contributed by atoms with Crippen LogP contribution in [0.25, 0.3) is 0 Å². The van der Waals surface area contributed by atoms with Crippen LogP contribution >= 0.6 is 0 Å². The molecule has 0 unspecified atom stereocenters. The van der Waals surface area contributed by atoms with E-state index in [0.717, 1.165) is 17.2 Å². The summed E-state index contributed by atoms with van der Waals surface area (Å²) in [6.45, 7) is 1.94. The number of nitrogens with two attached hydrogens (primary N) is 1. The second kappa shape index (κ2) is 2.65. The monoisotopic (exact) mass is 180 g/mol. The Kier molecular flexibility index (Phi) is 1.71. The topological polar surface area (TPSA) is 47.1 Å². The highest BCUT2D eigenvalue weighted by atomic mass is 15.4. The maximum atomic E-state index is 5.94. The summed E-state index contributed by atoms with van der Waals surface area (Å²) in [5, 5.41) is 4.29. The fourth-order valence-corrected chi connectivity index (χ4v) is 1.72. The lowest BCUT2D eigenvalue weighted by molar-refractivity contribution is 0.725. The van der Waals surface area contributed by atoms with Gasteiger partial charge in [-0.3, -0.25) is 4.68 Å². The van der Waals surface area contributed by atoms with Gasteiger partial charge in [-0.2, -0.15) is 5.10 Å². The number of nitrogens with zero attached hydrogens (tertiary/aromatic N) is 3. The summed E-state index contributed by atoms with van der Waals surface area (Å²) in [7, 11) is 4.03. The molecule has 4 nitrogen and oxygen atoms in total. The summed E-state index contributed by atoms with van der Waals surface area (Å²) in [5.74, 6) is 1.06. The number of rotatable bonds is 2. The van der Waals surface area contributed by atoms with Gasteiger partial charge in [-0.05, 0) is 19.8 Å². The lowest BCUT2D eigenvalue weighted by Crippen LogP contribution is -2.23. The molecule has 1 aliphatic carbocycles. The van der Waals surface area contributed by atoms with Crippen LogP contribution in [-0.2, 0) is 7.05 Å². The van der Waals surface area contributed by atoms with E-state index in [0.29, 0.717) is 6.04 Å². The number of aromatic nitrogens is 2. The number of aryl methyl sites for hydroxylation is 2. The molecular weight excluding hydrogens is 164 g/mol. The Morgan fingerprint density at radius 3 is 2.54 bits per heavy atom. The molecule has 0 saturated heterocycles. The van der Waals surface area contributed by atoms with Crippen molar-refractivity contribution in [3.63, 3.8) is 0 Å². The highest BCUT2D eigenvalue weighted by Crippen LogP contribution is 2.33. The van der Waals surface area contributed by atoms with Gasteiger partial charge in [0.05, 0.1) is 11.4 Å². The lowest BCUT2D eigenvalue weighted by Gasteiger charge is -2.18. The van der Waals surface area contributed by atoms with E-state index in [1.807, 2.05) is 18.7 Å². The third-order valence-corrected chi connectivity index (χ3v) is 2.67. The smallest absolute Gasteiger partial charge is 0.150 e. The average molecular weight is 180 g/mol. The zero-order chi connectivity index (χ0) is 9.59. The molecule has 72 valence electrons. The van der Waals surface area contributed by atoms with Crippen LogP contribution in [0.5, 0.6) is 0 Å². The quantitative estimate of drug-likeness (QED) is 0.736. The summed E-state index contributed by atoms with van der Waals surface area (Å²) >= 11 is 0. The minimum atomic E-state index is 0.678. The molecule has 13 heavy (non-hydrogen) atoms. The normalized spacial score (nSPS) is 16.2. The molecule has 0 atom stereocenters. The molecule has 2 N–H and O–H groups in total. The Hall–Kier alpha value is -1.19. The van der Waals surface area contributed by atoms with Gasteiger partial charge in [0.1, 0.15) is 5.82 Å². The highest BCUT2D eigenvalue weighted by Gasteiger charge is 2.29. The molecule has 1 aromatic heterocycles. The molecule has 1 aliphatic rings. The first kappa shape index (κ1) is 8.41. The molecule has 1 saturated carbocycles. The van der Waals surface area contributed by atoms with Gasteiger partial charge in [0.2, 0.25) is 0 Å². The lowest BCUT2D eigenvalue weighted by atomic mass is 10.3. The first-order valence-electron chi connectivity index (χ1n) is 4.63. The fourth-order valence-electron chi connectivity index (χ4n) is 1.72. The van der Waals surface area contributed by atoms with Crippen LogP contribution in [0.15, 0.2) is 0 Å². The van der Waals surface area contributed by atoms with Crippen LogP contribution in [-0.4, -0.2) is 22.9 Å². The van der Waals surface area contributed by atoms with Gasteiger partial charge in [-0.25, -0.2) is 0 Å². The first-order chi connectivity index (χ1) is 6.11. The molecule has 0 amide bonds. The fraction of sp³-hybridized carbons (Fsp3) is 0.667. The van der Waals surface area contributed by atoms with Crippen molar-refractivity contribution < 1.29 is 0 Å². The van der Waals surface area contributed by atoms with E-state index in [9.17, 15) is 0 Å². The van der Waals surface area contributed by atoms with Crippen molar-refractivity contribution in [2.75, 3.05) is 17.7 Å². The predicted molar refractivity (Wildman–Crippen MR) is 53.8 cm³/mol. The van der Waals surface area contributed by atoms with Gasteiger partial charge in [-0.1, -0.05) is 0 Å². The summed E-state index contributed by atoms with van der Waals surface area (Å²) in [5.41, 5.74) is 7.68. The molecule has 1 aromatic rings. The van der Waals surface area contributed by atoms with Crippen LogP contribution in [0.4, 0.5) is 11.5 Å². The Morgan fingerprint density at radius 2 is 2.15 bits per heavy atom. The molecule has 0 bridgehead atoms. The van der Waals surface area contributed by atoms with Crippen molar-refractivity contribution >= 4 is 11.5 Å². The van der Waals surface area contributed by atoms with Crippen molar-refractivity contribution in [3.8, 4) is 0 Å². The summed E-state index contributed by atoms with van der Waals surface area (Å²) in [6, 6.07) is 0.678. The third-order valence-electron chi connectivity index (χ3n) is 2.67. The molecule has 1 fully saturated rings. The van der Waals surface area contributed by atoms with Gasteiger partial charge < -0.3 is 10.6 Å². The minimum Gasteiger partial charge on any atom is -0.394 e. The number of hydrogen-bond donors (Lipinski definition) is 1. The largest absolute Gasteiger partial charge is 0.394 e. The summed E-state index contributed by atoms with van der Waals surface area (Å²) < 4.78 is 1.86. The van der Waals surface area contributed by atoms with Crippen LogP contribution in [0.3, 0.4) is 0 Å². The predicted octanol–water partition coefficient (Wildman–Crippen LogP) is 0.909. The molecule has 1 heterocycles. The van der Waals surface area contributed by atoms with E-state index >= 15 is 0 Å². The standard InChI is InChI=1S/C9H16N4/c1-6-8(10)9(13(3)11-6)12(2)7-4-5-7/h7H,4-5,10H2,1-3H3. The molecule has 4 heteroatoms. The molecular formula is C9H16N4. The number of nitrogen functional groups attached to an aromatic ring is 1. The van der Waals surface area contributed by atoms with E-state index in [4.69, 9.17) is 5.73 Å². The number of anilines is 2. The Bertz CT molecular complexity index is 325. The van der Waals surface area contributed by atoms with Crippen LogP contribution in [0, 0.1) is 6.92 Å². The van der Waals surface area contributed by atoms with Crippen LogP contribution in [0.1, 0.15) is 18.5 Å². The molecule has 0 aromatic carbocycles. The first-order valence-corrected chi connectivity index (χ1v) is 4.63. The summed E-state index contributed by atoms with van der Waals surface area (Å²) in [4.78, 5) is 2.23. The minimum absolute atomic E-state index is 0.678. The van der Waals surface area contributed by atoms with Crippen molar-refractivity contribution in [3.05, 3.63) is 5.69 Å². The second-order valence-electron chi connectivity index (χ2n) is 3.79. The van der Waals surface area contributed by atoms with Crippen LogP contribution in [0.2, 0.25) is 0 Å². The second-order valence-corrected chi connectivity index (χ2v) is 3.79. The van der Waals surface area contributed by atoms with E-state index < -0.39 is 0 Å². The maximum absolute atomic E-state index is 5.94.